The summed E-state index contributed by atoms with van der Waals surface area (Å²) < 4.78 is 5.37. The summed E-state index contributed by atoms with van der Waals surface area (Å²) in [5.74, 6) is 0. The average molecular weight is 706 g/mol. The minimum absolute atomic E-state index is 0.326. The Morgan fingerprint density at radius 2 is 0.836 bits per heavy atom. The molecule has 5 nitrogen and oxygen atoms in total. The second-order valence-electron chi connectivity index (χ2n) is 14.0. The number of aromatic nitrogens is 3. The van der Waals surface area contributed by atoms with Gasteiger partial charge in [0.15, 0.2) is 0 Å². The third-order valence-corrected chi connectivity index (χ3v) is 11.0. The summed E-state index contributed by atoms with van der Waals surface area (Å²) in [4.78, 5) is 28.6. The molecule has 11 aromatic rings. The Morgan fingerprint density at radius 1 is 0.327 bits per heavy atom. The molecule has 55 heavy (non-hydrogen) atoms. The zero-order valence-electron chi connectivity index (χ0n) is 29.6. The van der Waals surface area contributed by atoms with Crippen LogP contribution >= 0.6 is 0 Å². The molecule has 0 radical (unpaired) electrons. The molecule has 0 aliphatic rings. The van der Waals surface area contributed by atoms with Crippen LogP contribution in [0, 0.1) is 0 Å². The van der Waals surface area contributed by atoms with E-state index < -0.39 is 0 Å². The Bertz CT molecular complexity index is 3340. The van der Waals surface area contributed by atoms with Gasteiger partial charge in [0.1, 0.15) is 0 Å². The van der Waals surface area contributed by atoms with Crippen molar-refractivity contribution in [3.8, 4) is 50.2 Å². The largest absolute Gasteiger partial charge is 0.309 e. The lowest BCUT2D eigenvalue weighted by Crippen LogP contribution is -2.21. The van der Waals surface area contributed by atoms with Gasteiger partial charge in [-0.1, -0.05) is 140 Å². The molecule has 0 N–H and O–H groups in total. The number of nitrogens with zero attached hydrogens (tertiary/aromatic N) is 3. The lowest BCUT2D eigenvalue weighted by atomic mass is 9.87. The van der Waals surface area contributed by atoms with Gasteiger partial charge < -0.3 is 4.57 Å². The fourth-order valence-corrected chi connectivity index (χ4v) is 8.65. The SMILES string of the molecule is O=c1c2cc(-c3c(-c4ccccc4)cccc3-c3ccccc3)ccc2n2c3ccc(-c4cccc5c4c4ccccc4n5-c4ccccc4)cc3c(=O)n12. The predicted molar refractivity (Wildman–Crippen MR) is 226 cm³/mol. The van der Waals surface area contributed by atoms with Crippen LogP contribution in [-0.4, -0.2) is 13.6 Å². The van der Waals surface area contributed by atoms with Crippen molar-refractivity contribution in [3.63, 3.8) is 0 Å². The van der Waals surface area contributed by atoms with E-state index in [1.165, 1.54) is 4.52 Å². The van der Waals surface area contributed by atoms with Crippen LogP contribution in [0.5, 0.6) is 0 Å². The third-order valence-electron chi connectivity index (χ3n) is 11.0. The minimum atomic E-state index is -0.328. The van der Waals surface area contributed by atoms with Gasteiger partial charge >= 0.3 is 0 Å². The molecule has 0 bridgehead atoms. The quantitative estimate of drug-likeness (QED) is 0.179. The fraction of sp³-hybridized carbons (Fsp3) is 0. The molecule has 11 rings (SSSR count). The predicted octanol–water partition coefficient (Wildman–Crippen LogP) is 11.3. The normalized spacial score (nSPS) is 11.8. The van der Waals surface area contributed by atoms with Gasteiger partial charge in [-0.05, 0) is 93.0 Å². The number of hydrogen-bond donors (Lipinski definition) is 0. The van der Waals surface area contributed by atoms with Crippen LogP contribution in [0.4, 0.5) is 0 Å². The van der Waals surface area contributed by atoms with Crippen LogP contribution in [0.2, 0.25) is 0 Å². The average Bonchev–Trinajstić information content (AvgIpc) is 3.86. The first-order chi connectivity index (χ1) is 27.2. The molecule has 0 amide bonds. The van der Waals surface area contributed by atoms with E-state index in [9.17, 15) is 9.59 Å². The Labute approximate surface area is 315 Å². The second-order valence-corrected chi connectivity index (χ2v) is 14.0. The first-order valence-electron chi connectivity index (χ1n) is 18.4. The van der Waals surface area contributed by atoms with Crippen molar-refractivity contribution in [1.29, 1.82) is 0 Å². The van der Waals surface area contributed by atoms with E-state index in [2.05, 4.69) is 126 Å². The molecular weight excluding hydrogens is 675 g/mol. The summed E-state index contributed by atoms with van der Waals surface area (Å²) in [7, 11) is 0. The molecule has 0 unspecified atom stereocenters. The minimum Gasteiger partial charge on any atom is -0.309 e. The van der Waals surface area contributed by atoms with Crippen LogP contribution in [0.15, 0.2) is 198 Å². The highest BCUT2D eigenvalue weighted by Gasteiger charge is 2.22. The monoisotopic (exact) mass is 705 g/mol. The van der Waals surface area contributed by atoms with Gasteiger partial charge in [0, 0.05) is 16.5 Å². The molecule has 0 fully saturated rings. The van der Waals surface area contributed by atoms with Gasteiger partial charge in [0.25, 0.3) is 11.1 Å². The number of benzene rings is 8. The smallest absolute Gasteiger partial charge is 0.282 e. The van der Waals surface area contributed by atoms with E-state index in [-0.39, 0.29) is 11.1 Å². The van der Waals surface area contributed by atoms with Crippen molar-refractivity contribution in [3.05, 3.63) is 209 Å². The topological polar surface area (TPSA) is 47.9 Å². The maximum absolute atomic E-state index is 14.3. The lowest BCUT2D eigenvalue weighted by molar-refractivity contribution is 0.841. The Kier molecular flexibility index (Phi) is 6.79. The van der Waals surface area contributed by atoms with Crippen LogP contribution in [-0.2, 0) is 0 Å². The van der Waals surface area contributed by atoms with Crippen molar-refractivity contribution in [2.24, 2.45) is 0 Å². The van der Waals surface area contributed by atoms with E-state index in [0.29, 0.717) is 21.8 Å². The van der Waals surface area contributed by atoms with E-state index in [1.807, 2.05) is 66.7 Å². The molecule has 0 atom stereocenters. The van der Waals surface area contributed by atoms with Crippen molar-refractivity contribution in [1.82, 2.24) is 13.6 Å². The summed E-state index contributed by atoms with van der Waals surface area (Å²) in [5.41, 5.74) is 12.3. The molecular formula is C50H31N3O2. The van der Waals surface area contributed by atoms with E-state index in [1.54, 1.807) is 4.52 Å². The van der Waals surface area contributed by atoms with Crippen LogP contribution in [0.3, 0.4) is 0 Å². The molecule has 0 saturated carbocycles. The van der Waals surface area contributed by atoms with E-state index >= 15 is 0 Å². The number of para-hydroxylation sites is 2. The molecule has 0 aliphatic carbocycles. The summed E-state index contributed by atoms with van der Waals surface area (Å²) in [5, 5.41) is 3.26. The lowest BCUT2D eigenvalue weighted by Gasteiger charge is -2.16. The molecule has 0 saturated heterocycles. The first-order valence-corrected chi connectivity index (χ1v) is 18.4. The van der Waals surface area contributed by atoms with Crippen molar-refractivity contribution in [2.75, 3.05) is 0 Å². The van der Waals surface area contributed by atoms with E-state index in [0.717, 1.165) is 72.0 Å². The van der Waals surface area contributed by atoms with Crippen molar-refractivity contribution in [2.45, 2.75) is 0 Å². The van der Waals surface area contributed by atoms with Gasteiger partial charge in [-0.2, -0.15) is 4.52 Å². The number of rotatable bonds is 5. The third kappa shape index (κ3) is 4.60. The molecule has 0 aliphatic heterocycles. The molecule has 258 valence electrons. The molecule has 3 heterocycles. The van der Waals surface area contributed by atoms with Crippen LogP contribution in [0.25, 0.3) is 93.8 Å². The zero-order chi connectivity index (χ0) is 36.6. The maximum atomic E-state index is 14.3. The fourth-order valence-electron chi connectivity index (χ4n) is 8.65. The number of fused-ring (bicyclic) bond motifs is 8. The molecule has 3 aromatic heterocycles. The van der Waals surface area contributed by atoms with Gasteiger partial charge in [0.05, 0.1) is 32.8 Å². The van der Waals surface area contributed by atoms with Gasteiger partial charge in [-0.15, -0.1) is 0 Å². The molecule has 8 aromatic carbocycles. The highest BCUT2D eigenvalue weighted by Crippen LogP contribution is 2.42. The highest BCUT2D eigenvalue weighted by molar-refractivity contribution is 6.16. The number of hydrogen-bond acceptors (Lipinski definition) is 2. The summed E-state index contributed by atoms with van der Waals surface area (Å²) in [6, 6.07) is 64.2. The van der Waals surface area contributed by atoms with Gasteiger partial charge in [-0.25, -0.2) is 4.52 Å². The second kappa shape index (κ2) is 12.0. The highest BCUT2D eigenvalue weighted by atomic mass is 16.2. The van der Waals surface area contributed by atoms with E-state index in [4.69, 9.17) is 0 Å². The summed E-state index contributed by atoms with van der Waals surface area (Å²) in [6.07, 6.45) is 0. The Balaban J connectivity index is 1.11. The summed E-state index contributed by atoms with van der Waals surface area (Å²) in [6.45, 7) is 0. The Hall–Kier alpha value is -7.50. The Morgan fingerprint density at radius 3 is 1.49 bits per heavy atom. The van der Waals surface area contributed by atoms with Gasteiger partial charge in [0.2, 0.25) is 0 Å². The van der Waals surface area contributed by atoms with Crippen LogP contribution < -0.4 is 11.1 Å². The molecule has 5 heteroatoms. The summed E-state index contributed by atoms with van der Waals surface area (Å²) >= 11 is 0. The molecule has 0 spiro atoms. The first kappa shape index (κ1) is 31.1. The van der Waals surface area contributed by atoms with Gasteiger partial charge in [-0.3, -0.25) is 9.59 Å². The van der Waals surface area contributed by atoms with Crippen molar-refractivity contribution >= 4 is 43.6 Å². The zero-order valence-corrected chi connectivity index (χ0v) is 29.6. The van der Waals surface area contributed by atoms with Crippen molar-refractivity contribution < 1.29 is 0 Å². The maximum Gasteiger partial charge on any atom is 0.282 e. The standard InChI is InChI=1S/C50H31N3O2/c54-49-41-30-34(39-23-13-25-46-48(39)40-20-10-11-24-43(40)51(46)36-18-8-3-9-19-36)26-28-44(41)52-45-29-27-35(31-42(45)50(55)53(49)52)47-37(32-14-4-1-5-15-32)21-12-22-38(47)33-16-6-2-7-17-33/h1-31H. The van der Waals surface area contributed by atoms with Crippen LogP contribution in [0.1, 0.15) is 0 Å².